The maximum atomic E-state index is 10.9. The molecule has 0 aliphatic heterocycles. The first kappa shape index (κ1) is 16.5. The van der Waals surface area contributed by atoms with Gasteiger partial charge in [-0.2, -0.15) is 0 Å². The summed E-state index contributed by atoms with van der Waals surface area (Å²) in [6.45, 7) is 3.28. The van der Waals surface area contributed by atoms with E-state index in [1.165, 1.54) is 31.7 Å². The van der Waals surface area contributed by atoms with Gasteiger partial charge in [-0.3, -0.25) is 0 Å². The Morgan fingerprint density at radius 2 is 1.95 bits per heavy atom. The Bertz CT molecular complexity index is 415. The standard InChI is InChI=1S/C16H24O4/c1-3-4-5-6-7-10-20-12-14-11-13(16(17)18)8-9-15(14)19-2/h8-9,11H,3-7,10,12H2,1-2H3,(H,17,18). The molecule has 0 radical (unpaired) electrons. The van der Waals surface area contributed by atoms with Crippen molar-refractivity contribution in [2.75, 3.05) is 13.7 Å². The average molecular weight is 280 g/mol. The van der Waals surface area contributed by atoms with Crippen LogP contribution in [-0.4, -0.2) is 24.8 Å². The molecule has 4 nitrogen and oxygen atoms in total. The van der Waals surface area contributed by atoms with E-state index in [0.717, 1.165) is 12.0 Å². The van der Waals surface area contributed by atoms with Crippen molar-refractivity contribution in [1.82, 2.24) is 0 Å². The zero-order chi connectivity index (χ0) is 14.8. The second-order valence-electron chi connectivity index (χ2n) is 4.80. The third-order valence-electron chi connectivity index (χ3n) is 3.18. The average Bonchev–Trinajstić information content (AvgIpc) is 2.46. The van der Waals surface area contributed by atoms with Gasteiger partial charge in [-0.15, -0.1) is 0 Å². The summed E-state index contributed by atoms with van der Waals surface area (Å²) < 4.78 is 10.8. The number of methoxy groups -OCH3 is 1. The van der Waals surface area contributed by atoms with Gasteiger partial charge in [0, 0.05) is 12.2 Å². The van der Waals surface area contributed by atoms with Crippen LogP contribution in [0.4, 0.5) is 0 Å². The van der Waals surface area contributed by atoms with E-state index >= 15 is 0 Å². The first-order valence-corrected chi connectivity index (χ1v) is 7.17. The van der Waals surface area contributed by atoms with Crippen molar-refractivity contribution in [2.24, 2.45) is 0 Å². The quantitative estimate of drug-likeness (QED) is 0.661. The van der Waals surface area contributed by atoms with Crippen LogP contribution in [0.3, 0.4) is 0 Å². The maximum absolute atomic E-state index is 10.9. The second-order valence-corrected chi connectivity index (χ2v) is 4.80. The minimum atomic E-state index is -0.937. The summed E-state index contributed by atoms with van der Waals surface area (Å²) in [6.07, 6.45) is 5.98. The van der Waals surface area contributed by atoms with Crippen LogP contribution in [0.2, 0.25) is 0 Å². The van der Waals surface area contributed by atoms with Crippen molar-refractivity contribution in [1.29, 1.82) is 0 Å². The molecule has 0 aromatic heterocycles. The lowest BCUT2D eigenvalue weighted by atomic mass is 10.1. The Labute approximate surface area is 120 Å². The fraction of sp³-hybridized carbons (Fsp3) is 0.562. The summed E-state index contributed by atoms with van der Waals surface area (Å²) in [5.74, 6) is -0.269. The molecule has 1 N–H and O–H groups in total. The molecule has 0 saturated heterocycles. The minimum Gasteiger partial charge on any atom is -0.496 e. The monoisotopic (exact) mass is 280 g/mol. The summed E-state index contributed by atoms with van der Waals surface area (Å²) in [5, 5.41) is 8.98. The van der Waals surface area contributed by atoms with Gasteiger partial charge < -0.3 is 14.6 Å². The van der Waals surface area contributed by atoms with Crippen LogP contribution in [-0.2, 0) is 11.3 Å². The third kappa shape index (κ3) is 5.61. The molecule has 0 unspecified atom stereocenters. The van der Waals surface area contributed by atoms with Crippen molar-refractivity contribution < 1.29 is 19.4 Å². The highest BCUT2D eigenvalue weighted by atomic mass is 16.5. The molecule has 4 heteroatoms. The van der Waals surface area contributed by atoms with Gasteiger partial charge in [0.25, 0.3) is 0 Å². The van der Waals surface area contributed by atoms with Gasteiger partial charge in [-0.25, -0.2) is 4.79 Å². The summed E-state index contributed by atoms with van der Waals surface area (Å²) in [6, 6.07) is 4.82. The van der Waals surface area contributed by atoms with Crippen LogP contribution in [0.1, 0.15) is 54.9 Å². The molecule has 0 fully saturated rings. The molecule has 0 aliphatic rings. The molecule has 0 spiro atoms. The highest BCUT2D eigenvalue weighted by Crippen LogP contribution is 2.21. The van der Waals surface area contributed by atoms with Gasteiger partial charge in [0.1, 0.15) is 5.75 Å². The first-order chi connectivity index (χ1) is 9.69. The number of ether oxygens (including phenoxy) is 2. The lowest BCUT2D eigenvalue weighted by Gasteiger charge is -2.10. The Hall–Kier alpha value is -1.55. The van der Waals surface area contributed by atoms with Crippen LogP contribution >= 0.6 is 0 Å². The van der Waals surface area contributed by atoms with Crippen LogP contribution in [0, 0.1) is 0 Å². The number of carbonyl (C=O) groups is 1. The van der Waals surface area contributed by atoms with Crippen molar-refractivity contribution in [2.45, 2.75) is 45.6 Å². The van der Waals surface area contributed by atoms with Crippen LogP contribution in [0.25, 0.3) is 0 Å². The summed E-state index contributed by atoms with van der Waals surface area (Å²) in [7, 11) is 1.57. The first-order valence-electron chi connectivity index (χ1n) is 7.17. The molecule has 1 rings (SSSR count). The topological polar surface area (TPSA) is 55.8 Å². The van der Waals surface area contributed by atoms with Crippen LogP contribution in [0.15, 0.2) is 18.2 Å². The van der Waals surface area contributed by atoms with Gasteiger partial charge in [0.15, 0.2) is 0 Å². The zero-order valence-electron chi connectivity index (χ0n) is 12.4. The van der Waals surface area contributed by atoms with E-state index in [1.54, 1.807) is 19.2 Å². The smallest absolute Gasteiger partial charge is 0.335 e. The zero-order valence-corrected chi connectivity index (χ0v) is 12.4. The van der Waals surface area contributed by atoms with Crippen LogP contribution < -0.4 is 4.74 Å². The van der Waals surface area contributed by atoms with E-state index in [0.29, 0.717) is 19.0 Å². The fourth-order valence-electron chi connectivity index (χ4n) is 2.01. The van der Waals surface area contributed by atoms with Crippen molar-refractivity contribution >= 4 is 5.97 Å². The van der Waals surface area contributed by atoms with Gasteiger partial charge >= 0.3 is 5.97 Å². The Morgan fingerprint density at radius 1 is 1.20 bits per heavy atom. The number of unbranched alkanes of at least 4 members (excludes halogenated alkanes) is 4. The van der Waals surface area contributed by atoms with E-state index in [2.05, 4.69) is 6.92 Å². The molecule has 112 valence electrons. The number of carboxylic acid groups (broad SMARTS) is 1. The molecule has 1 aromatic rings. The summed E-state index contributed by atoms with van der Waals surface area (Å²) in [5.41, 5.74) is 1.04. The fourth-order valence-corrected chi connectivity index (χ4v) is 2.01. The third-order valence-corrected chi connectivity index (χ3v) is 3.18. The van der Waals surface area contributed by atoms with Gasteiger partial charge in [0.2, 0.25) is 0 Å². The number of benzene rings is 1. The van der Waals surface area contributed by atoms with Gasteiger partial charge in [-0.1, -0.05) is 32.6 Å². The summed E-state index contributed by atoms with van der Waals surface area (Å²) in [4.78, 5) is 10.9. The molecule has 0 heterocycles. The van der Waals surface area contributed by atoms with Crippen molar-refractivity contribution in [3.8, 4) is 5.75 Å². The lowest BCUT2D eigenvalue weighted by molar-refractivity contribution is 0.0696. The Balaban J connectivity index is 2.41. The normalized spacial score (nSPS) is 10.5. The van der Waals surface area contributed by atoms with Gasteiger partial charge in [0.05, 0.1) is 19.3 Å². The molecular weight excluding hydrogens is 256 g/mol. The van der Waals surface area contributed by atoms with E-state index in [4.69, 9.17) is 14.6 Å². The number of carboxylic acids is 1. The molecule has 0 bridgehead atoms. The van der Waals surface area contributed by atoms with Gasteiger partial charge in [-0.05, 0) is 24.6 Å². The maximum Gasteiger partial charge on any atom is 0.335 e. The van der Waals surface area contributed by atoms with Crippen molar-refractivity contribution in [3.05, 3.63) is 29.3 Å². The molecule has 0 aliphatic carbocycles. The highest BCUT2D eigenvalue weighted by molar-refractivity contribution is 5.88. The van der Waals surface area contributed by atoms with Crippen molar-refractivity contribution in [3.63, 3.8) is 0 Å². The minimum absolute atomic E-state index is 0.257. The second kappa shape index (κ2) is 9.37. The highest BCUT2D eigenvalue weighted by Gasteiger charge is 2.09. The molecule has 0 saturated carbocycles. The Morgan fingerprint density at radius 3 is 2.60 bits per heavy atom. The van der Waals surface area contributed by atoms with E-state index in [9.17, 15) is 4.79 Å². The predicted octanol–water partition coefficient (Wildman–Crippen LogP) is 3.88. The molecule has 0 amide bonds. The number of aromatic carboxylic acids is 1. The number of rotatable bonds is 10. The molecule has 1 aromatic carbocycles. The number of hydrogen-bond donors (Lipinski definition) is 1. The summed E-state index contributed by atoms with van der Waals surface area (Å²) >= 11 is 0. The molecular formula is C16H24O4. The van der Waals surface area contributed by atoms with Crippen LogP contribution in [0.5, 0.6) is 5.75 Å². The lowest BCUT2D eigenvalue weighted by Crippen LogP contribution is -2.02. The van der Waals surface area contributed by atoms with E-state index < -0.39 is 5.97 Å². The SMILES string of the molecule is CCCCCCCOCc1cc(C(=O)O)ccc1OC. The predicted molar refractivity (Wildman–Crippen MR) is 78.4 cm³/mol. The Kier molecular flexibility index (Phi) is 7.73. The van der Waals surface area contributed by atoms with E-state index in [-0.39, 0.29) is 5.56 Å². The largest absolute Gasteiger partial charge is 0.496 e. The van der Waals surface area contributed by atoms with E-state index in [1.807, 2.05) is 0 Å². The molecule has 20 heavy (non-hydrogen) atoms. The molecule has 0 atom stereocenters. The number of hydrogen-bond acceptors (Lipinski definition) is 3.